The first-order valence-electron chi connectivity index (χ1n) is 5.72. The summed E-state index contributed by atoms with van der Waals surface area (Å²) in [6.45, 7) is 4.34. The van der Waals surface area contributed by atoms with Crippen molar-refractivity contribution in [2.45, 2.75) is 25.8 Å². The van der Waals surface area contributed by atoms with Crippen LogP contribution in [-0.2, 0) is 4.79 Å². The molecule has 0 heterocycles. The molecule has 15 heavy (non-hydrogen) atoms. The third-order valence-electron chi connectivity index (χ3n) is 2.53. The van der Waals surface area contributed by atoms with Gasteiger partial charge in [0, 0.05) is 19.1 Å². The molecule has 0 bridgehead atoms. The maximum Gasteiger partial charge on any atom is 0.233 e. The standard InChI is InChI=1S/C11H23N3O/c1-9(8-14(2)3)12-7-11(15)13-6-10-4-5-10/h9-10,12H,4-8H2,1-3H3,(H,13,15). The van der Waals surface area contributed by atoms with Crippen LogP contribution < -0.4 is 10.6 Å². The predicted octanol–water partition coefficient (Wildman–Crippen LogP) is 0.0523. The summed E-state index contributed by atoms with van der Waals surface area (Å²) in [5.41, 5.74) is 0. The lowest BCUT2D eigenvalue weighted by Gasteiger charge is -2.17. The van der Waals surface area contributed by atoms with E-state index in [2.05, 4.69) is 22.5 Å². The Labute approximate surface area is 92.4 Å². The molecule has 4 nitrogen and oxygen atoms in total. The van der Waals surface area contributed by atoms with E-state index in [1.807, 2.05) is 14.1 Å². The third kappa shape index (κ3) is 6.47. The summed E-state index contributed by atoms with van der Waals surface area (Å²) in [5, 5.41) is 6.14. The molecule has 0 aromatic carbocycles. The molecular formula is C11H23N3O. The molecule has 1 amide bonds. The molecule has 0 aromatic rings. The second-order valence-corrected chi connectivity index (χ2v) is 4.79. The van der Waals surface area contributed by atoms with Crippen LogP contribution in [0.25, 0.3) is 0 Å². The number of carbonyl (C=O) groups is 1. The Bertz CT molecular complexity index is 202. The van der Waals surface area contributed by atoms with Crippen molar-refractivity contribution < 1.29 is 4.79 Å². The van der Waals surface area contributed by atoms with Crippen LogP contribution >= 0.6 is 0 Å². The Balaban J connectivity index is 1.99. The SMILES string of the molecule is CC(CN(C)C)NCC(=O)NCC1CC1. The van der Waals surface area contributed by atoms with Crippen LogP contribution in [0.1, 0.15) is 19.8 Å². The molecule has 1 unspecified atom stereocenters. The lowest BCUT2D eigenvalue weighted by molar-refractivity contribution is -0.120. The van der Waals surface area contributed by atoms with Gasteiger partial charge in [-0.3, -0.25) is 4.79 Å². The van der Waals surface area contributed by atoms with Crippen molar-refractivity contribution in [3.63, 3.8) is 0 Å². The smallest absolute Gasteiger partial charge is 0.233 e. The van der Waals surface area contributed by atoms with Crippen molar-refractivity contribution in [2.24, 2.45) is 5.92 Å². The molecule has 88 valence electrons. The normalized spacial score (nSPS) is 17.9. The minimum atomic E-state index is 0.118. The van der Waals surface area contributed by atoms with Gasteiger partial charge < -0.3 is 15.5 Å². The molecule has 0 saturated heterocycles. The van der Waals surface area contributed by atoms with Gasteiger partial charge in [0.1, 0.15) is 0 Å². The number of hydrogen-bond acceptors (Lipinski definition) is 3. The largest absolute Gasteiger partial charge is 0.355 e. The first-order valence-corrected chi connectivity index (χ1v) is 5.72. The van der Waals surface area contributed by atoms with Gasteiger partial charge in [0.05, 0.1) is 6.54 Å². The van der Waals surface area contributed by atoms with Gasteiger partial charge in [-0.25, -0.2) is 0 Å². The molecule has 2 N–H and O–H groups in total. The molecule has 1 rings (SSSR count). The lowest BCUT2D eigenvalue weighted by atomic mass is 10.3. The summed E-state index contributed by atoms with van der Waals surface area (Å²) in [6.07, 6.45) is 2.56. The summed E-state index contributed by atoms with van der Waals surface area (Å²) in [7, 11) is 4.07. The molecule has 1 saturated carbocycles. The fourth-order valence-electron chi connectivity index (χ4n) is 1.52. The molecule has 0 aliphatic heterocycles. The molecule has 0 aromatic heterocycles. The van der Waals surface area contributed by atoms with Crippen LogP contribution in [0.15, 0.2) is 0 Å². The van der Waals surface area contributed by atoms with E-state index in [1.54, 1.807) is 0 Å². The molecule has 1 aliphatic carbocycles. The van der Waals surface area contributed by atoms with Crippen molar-refractivity contribution in [3.05, 3.63) is 0 Å². The summed E-state index contributed by atoms with van der Waals surface area (Å²) >= 11 is 0. The molecule has 0 radical (unpaired) electrons. The Kier molecular flexibility index (Phi) is 5.05. The zero-order valence-electron chi connectivity index (χ0n) is 10.0. The maximum atomic E-state index is 11.4. The van der Waals surface area contributed by atoms with Crippen molar-refractivity contribution in [1.29, 1.82) is 0 Å². The van der Waals surface area contributed by atoms with E-state index >= 15 is 0 Å². The quantitative estimate of drug-likeness (QED) is 0.628. The maximum absolute atomic E-state index is 11.4. The highest BCUT2D eigenvalue weighted by Crippen LogP contribution is 2.27. The predicted molar refractivity (Wildman–Crippen MR) is 61.8 cm³/mol. The van der Waals surface area contributed by atoms with Gasteiger partial charge in [-0.2, -0.15) is 0 Å². The van der Waals surface area contributed by atoms with Gasteiger partial charge in [0.25, 0.3) is 0 Å². The first-order chi connectivity index (χ1) is 7.08. The molecule has 4 heteroatoms. The van der Waals surface area contributed by atoms with E-state index in [4.69, 9.17) is 0 Å². The second kappa shape index (κ2) is 6.08. The van der Waals surface area contributed by atoms with Gasteiger partial charge in [-0.05, 0) is 39.8 Å². The number of likely N-dealkylation sites (N-methyl/N-ethyl adjacent to an activating group) is 1. The fourth-order valence-corrected chi connectivity index (χ4v) is 1.52. The van der Waals surface area contributed by atoms with Crippen LogP contribution in [0.5, 0.6) is 0 Å². The highest BCUT2D eigenvalue weighted by molar-refractivity contribution is 5.78. The minimum absolute atomic E-state index is 0.118. The molecule has 1 atom stereocenters. The first kappa shape index (κ1) is 12.5. The number of hydrogen-bond donors (Lipinski definition) is 2. The van der Waals surface area contributed by atoms with E-state index < -0.39 is 0 Å². The Morgan fingerprint density at radius 1 is 1.47 bits per heavy atom. The zero-order chi connectivity index (χ0) is 11.3. The third-order valence-corrected chi connectivity index (χ3v) is 2.53. The molecule has 1 aliphatic rings. The number of nitrogens with one attached hydrogen (secondary N) is 2. The minimum Gasteiger partial charge on any atom is -0.355 e. The Morgan fingerprint density at radius 3 is 2.67 bits per heavy atom. The number of amides is 1. The van der Waals surface area contributed by atoms with Crippen molar-refractivity contribution in [3.8, 4) is 0 Å². The van der Waals surface area contributed by atoms with Gasteiger partial charge in [0.2, 0.25) is 5.91 Å². The average molecular weight is 213 g/mol. The Morgan fingerprint density at radius 2 is 2.13 bits per heavy atom. The van der Waals surface area contributed by atoms with Gasteiger partial charge >= 0.3 is 0 Å². The second-order valence-electron chi connectivity index (χ2n) is 4.79. The monoisotopic (exact) mass is 213 g/mol. The molecule has 1 fully saturated rings. The van der Waals surface area contributed by atoms with Crippen molar-refractivity contribution in [2.75, 3.05) is 33.7 Å². The van der Waals surface area contributed by atoms with E-state index in [-0.39, 0.29) is 5.91 Å². The fraction of sp³-hybridized carbons (Fsp3) is 0.909. The van der Waals surface area contributed by atoms with Crippen LogP contribution in [-0.4, -0.2) is 50.6 Å². The highest BCUT2D eigenvalue weighted by Gasteiger charge is 2.21. The van der Waals surface area contributed by atoms with Gasteiger partial charge in [-0.15, -0.1) is 0 Å². The van der Waals surface area contributed by atoms with Crippen molar-refractivity contribution in [1.82, 2.24) is 15.5 Å². The molecular weight excluding hydrogens is 190 g/mol. The average Bonchev–Trinajstić information content (AvgIpc) is 2.93. The van der Waals surface area contributed by atoms with E-state index in [9.17, 15) is 4.79 Å². The molecule has 0 spiro atoms. The topological polar surface area (TPSA) is 44.4 Å². The van der Waals surface area contributed by atoms with E-state index in [0.717, 1.165) is 19.0 Å². The summed E-state index contributed by atoms with van der Waals surface area (Å²) in [4.78, 5) is 13.5. The lowest BCUT2D eigenvalue weighted by Crippen LogP contribution is -2.42. The van der Waals surface area contributed by atoms with E-state index in [1.165, 1.54) is 12.8 Å². The summed E-state index contributed by atoms with van der Waals surface area (Å²) in [6, 6.07) is 0.353. The van der Waals surface area contributed by atoms with Gasteiger partial charge in [0.15, 0.2) is 0 Å². The number of rotatable bonds is 7. The van der Waals surface area contributed by atoms with Crippen LogP contribution in [0.3, 0.4) is 0 Å². The number of nitrogens with zero attached hydrogens (tertiary/aromatic N) is 1. The summed E-state index contributed by atoms with van der Waals surface area (Å²) < 4.78 is 0. The van der Waals surface area contributed by atoms with Crippen molar-refractivity contribution >= 4 is 5.91 Å². The van der Waals surface area contributed by atoms with Gasteiger partial charge in [-0.1, -0.05) is 0 Å². The van der Waals surface area contributed by atoms with Crippen LogP contribution in [0.2, 0.25) is 0 Å². The van der Waals surface area contributed by atoms with Crippen LogP contribution in [0, 0.1) is 5.92 Å². The van der Waals surface area contributed by atoms with Crippen LogP contribution in [0.4, 0.5) is 0 Å². The summed E-state index contributed by atoms with van der Waals surface area (Å²) in [5.74, 6) is 0.876. The Hall–Kier alpha value is -0.610. The zero-order valence-corrected chi connectivity index (χ0v) is 10.0. The number of carbonyl (C=O) groups excluding carboxylic acids is 1. The highest BCUT2D eigenvalue weighted by atomic mass is 16.1. The van der Waals surface area contributed by atoms with E-state index in [0.29, 0.717) is 12.6 Å².